The Bertz CT molecular complexity index is 627. The molecule has 3 aliphatic heterocycles. The molecule has 5 nitrogen and oxygen atoms in total. The molecule has 144 valence electrons. The zero-order chi connectivity index (χ0) is 18.1. The Kier molecular flexibility index (Phi) is 5.37. The van der Waals surface area contributed by atoms with E-state index in [9.17, 15) is 4.79 Å². The van der Waals surface area contributed by atoms with Gasteiger partial charge in [-0.25, -0.2) is 0 Å². The summed E-state index contributed by atoms with van der Waals surface area (Å²) in [5, 5.41) is 0. The molecule has 0 N–H and O–H groups in total. The van der Waals surface area contributed by atoms with Gasteiger partial charge in [-0.15, -0.1) is 11.3 Å². The largest absolute Gasteiger partial charge is 0.381 e. The van der Waals surface area contributed by atoms with Gasteiger partial charge in [0, 0.05) is 37.7 Å². The van der Waals surface area contributed by atoms with Crippen molar-refractivity contribution < 1.29 is 19.0 Å². The van der Waals surface area contributed by atoms with Crippen LogP contribution in [0.5, 0.6) is 0 Å². The Labute approximate surface area is 159 Å². The first-order valence-electron chi connectivity index (χ1n) is 9.74. The van der Waals surface area contributed by atoms with E-state index in [-0.39, 0.29) is 17.6 Å². The van der Waals surface area contributed by atoms with Gasteiger partial charge in [-0.1, -0.05) is 0 Å². The second kappa shape index (κ2) is 7.58. The molecule has 1 atom stereocenters. The van der Waals surface area contributed by atoms with Crippen molar-refractivity contribution in [1.29, 1.82) is 0 Å². The molecule has 6 heteroatoms. The fourth-order valence-corrected chi connectivity index (χ4v) is 5.16. The van der Waals surface area contributed by atoms with Gasteiger partial charge < -0.3 is 19.1 Å². The van der Waals surface area contributed by atoms with Gasteiger partial charge in [-0.05, 0) is 50.7 Å². The lowest BCUT2D eigenvalue weighted by Crippen LogP contribution is -2.67. The van der Waals surface area contributed by atoms with Crippen LogP contribution in [0.3, 0.4) is 0 Å². The van der Waals surface area contributed by atoms with E-state index >= 15 is 0 Å². The molecule has 3 saturated heterocycles. The normalized spacial score (nSPS) is 26.1. The Morgan fingerprint density at radius 1 is 1.27 bits per heavy atom. The van der Waals surface area contributed by atoms with Crippen LogP contribution in [0.25, 0.3) is 0 Å². The van der Waals surface area contributed by atoms with Crippen molar-refractivity contribution in [3.8, 4) is 0 Å². The highest BCUT2D eigenvalue weighted by Crippen LogP contribution is 2.37. The summed E-state index contributed by atoms with van der Waals surface area (Å²) in [7, 11) is 0. The third-order valence-electron chi connectivity index (χ3n) is 5.98. The number of thiophene rings is 1. The molecule has 4 heterocycles. The molecular weight excluding hydrogens is 350 g/mol. The van der Waals surface area contributed by atoms with Crippen molar-refractivity contribution in [1.82, 2.24) is 4.90 Å². The van der Waals surface area contributed by atoms with Crippen LogP contribution in [0.4, 0.5) is 0 Å². The average molecular weight is 380 g/mol. The standard InChI is InChI=1S/C20H29NO4S/c1-14-9-18(26-15(14)2)19(22)21-12-20(13-21)10-17(5-8-25-20)24-11-16-3-6-23-7-4-16/h9,16-17H,3-8,10-13H2,1-2H3/t17-/m0/s1. The van der Waals surface area contributed by atoms with E-state index in [1.54, 1.807) is 11.3 Å². The molecule has 1 aromatic heterocycles. The molecule has 1 spiro atoms. The van der Waals surface area contributed by atoms with Gasteiger partial charge in [0.1, 0.15) is 5.60 Å². The van der Waals surface area contributed by atoms with Crippen LogP contribution in [-0.4, -0.2) is 62.0 Å². The second-order valence-electron chi connectivity index (χ2n) is 8.05. The number of aryl methyl sites for hydroxylation is 2. The lowest BCUT2D eigenvalue weighted by molar-refractivity contribution is -0.188. The number of nitrogens with zero attached hydrogens (tertiary/aromatic N) is 1. The SMILES string of the molecule is Cc1cc(C(=O)N2CC3(C[C@@H](OCC4CCOCC4)CCO3)C2)sc1C. The van der Waals surface area contributed by atoms with Crippen LogP contribution in [-0.2, 0) is 14.2 Å². The molecule has 0 aromatic carbocycles. The molecule has 26 heavy (non-hydrogen) atoms. The summed E-state index contributed by atoms with van der Waals surface area (Å²) >= 11 is 1.59. The molecule has 1 aromatic rings. The molecule has 3 fully saturated rings. The van der Waals surface area contributed by atoms with Crippen LogP contribution in [0.15, 0.2) is 6.07 Å². The lowest BCUT2D eigenvalue weighted by Gasteiger charge is -2.53. The fraction of sp³-hybridized carbons (Fsp3) is 0.750. The van der Waals surface area contributed by atoms with Crippen molar-refractivity contribution in [3.63, 3.8) is 0 Å². The Hall–Kier alpha value is -0.950. The molecule has 4 rings (SSSR count). The summed E-state index contributed by atoms with van der Waals surface area (Å²) in [6.07, 6.45) is 4.34. The maximum atomic E-state index is 12.7. The molecule has 0 saturated carbocycles. The second-order valence-corrected chi connectivity index (χ2v) is 9.30. The molecule has 0 aliphatic carbocycles. The van der Waals surface area contributed by atoms with Gasteiger partial charge in [-0.3, -0.25) is 4.79 Å². The third kappa shape index (κ3) is 3.84. The van der Waals surface area contributed by atoms with Gasteiger partial charge in [0.25, 0.3) is 5.91 Å². The predicted molar refractivity (Wildman–Crippen MR) is 101 cm³/mol. The van der Waals surface area contributed by atoms with E-state index in [0.29, 0.717) is 19.0 Å². The highest BCUT2D eigenvalue weighted by atomic mass is 32.1. The minimum Gasteiger partial charge on any atom is -0.381 e. The first-order chi connectivity index (χ1) is 12.5. The van der Waals surface area contributed by atoms with Gasteiger partial charge in [0.2, 0.25) is 0 Å². The van der Waals surface area contributed by atoms with Crippen molar-refractivity contribution >= 4 is 17.2 Å². The first kappa shape index (κ1) is 18.4. The average Bonchev–Trinajstić information content (AvgIpc) is 2.97. The van der Waals surface area contributed by atoms with E-state index < -0.39 is 0 Å². The zero-order valence-electron chi connectivity index (χ0n) is 15.8. The van der Waals surface area contributed by atoms with E-state index in [0.717, 1.165) is 57.0 Å². The van der Waals surface area contributed by atoms with Gasteiger partial charge in [0.05, 0.1) is 24.1 Å². The molecular formula is C20H29NO4S. The van der Waals surface area contributed by atoms with Crippen LogP contribution in [0, 0.1) is 19.8 Å². The number of ether oxygens (including phenoxy) is 3. The number of carbonyl (C=O) groups is 1. The Balaban J connectivity index is 1.27. The van der Waals surface area contributed by atoms with Crippen molar-refractivity contribution in [2.24, 2.45) is 5.92 Å². The molecule has 1 amide bonds. The summed E-state index contributed by atoms with van der Waals surface area (Å²) in [6.45, 7) is 8.81. The molecule has 3 aliphatic rings. The maximum absolute atomic E-state index is 12.7. The summed E-state index contributed by atoms with van der Waals surface area (Å²) < 4.78 is 17.7. The highest BCUT2D eigenvalue weighted by Gasteiger charge is 2.50. The number of likely N-dealkylation sites (tertiary alicyclic amines) is 1. The topological polar surface area (TPSA) is 48.0 Å². The predicted octanol–water partition coefficient (Wildman–Crippen LogP) is 3.18. The number of carbonyl (C=O) groups excluding carboxylic acids is 1. The molecule has 0 unspecified atom stereocenters. The van der Waals surface area contributed by atoms with Crippen molar-refractivity contribution in [2.45, 2.75) is 51.2 Å². The Morgan fingerprint density at radius 3 is 2.73 bits per heavy atom. The quantitative estimate of drug-likeness (QED) is 0.806. The summed E-state index contributed by atoms with van der Waals surface area (Å²) in [5.74, 6) is 0.776. The molecule has 0 radical (unpaired) electrons. The number of amides is 1. The van der Waals surface area contributed by atoms with Crippen LogP contribution in [0.2, 0.25) is 0 Å². The third-order valence-corrected chi connectivity index (χ3v) is 7.12. The monoisotopic (exact) mass is 379 g/mol. The van der Waals surface area contributed by atoms with Crippen molar-refractivity contribution in [3.05, 3.63) is 21.4 Å². The van der Waals surface area contributed by atoms with Gasteiger partial charge in [0.15, 0.2) is 0 Å². The van der Waals surface area contributed by atoms with E-state index in [2.05, 4.69) is 13.8 Å². The summed E-state index contributed by atoms with van der Waals surface area (Å²) in [6, 6.07) is 2.01. The number of hydrogen-bond donors (Lipinski definition) is 0. The smallest absolute Gasteiger partial charge is 0.264 e. The van der Waals surface area contributed by atoms with Crippen LogP contribution < -0.4 is 0 Å². The Morgan fingerprint density at radius 2 is 2.04 bits per heavy atom. The first-order valence-corrected chi connectivity index (χ1v) is 10.6. The highest BCUT2D eigenvalue weighted by molar-refractivity contribution is 7.14. The van der Waals surface area contributed by atoms with E-state index in [1.165, 1.54) is 10.4 Å². The van der Waals surface area contributed by atoms with E-state index in [1.807, 2.05) is 11.0 Å². The fourth-order valence-electron chi connectivity index (χ4n) is 4.16. The minimum atomic E-state index is -0.185. The maximum Gasteiger partial charge on any atom is 0.264 e. The molecule has 0 bridgehead atoms. The van der Waals surface area contributed by atoms with Gasteiger partial charge in [-0.2, -0.15) is 0 Å². The number of rotatable bonds is 4. The van der Waals surface area contributed by atoms with Gasteiger partial charge >= 0.3 is 0 Å². The zero-order valence-corrected chi connectivity index (χ0v) is 16.6. The lowest BCUT2D eigenvalue weighted by atomic mass is 9.84. The summed E-state index contributed by atoms with van der Waals surface area (Å²) in [5.41, 5.74) is 1.01. The summed E-state index contributed by atoms with van der Waals surface area (Å²) in [4.78, 5) is 16.7. The minimum absolute atomic E-state index is 0.144. The van der Waals surface area contributed by atoms with Crippen LogP contribution >= 0.6 is 11.3 Å². The number of hydrogen-bond acceptors (Lipinski definition) is 5. The van der Waals surface area contributed by atoms with Crippen LogP contribution in [0.1, 0.15) is 45.8 Å². The van der Waals surface area contributed by atoms with Crippen molar-refractivity contribution in [2.75, 3.05) is 39.5 Å². The van der Waals surface area contributed by atoms with E-state index in [4.69, 9.17) is 14.2 Å².